The molecule has 1 aliphatic carbocycles. The highest BCUT2D eigenvalue weighted by Crippen LogP contribution is 2.38. The molecule has 108 valence electrons. The maximum Gasteiger partial charge on any atom is 0.124 e. The standard InChI is InChI=1S/C16H22ClN3/c17-15-9-13(5-6-14(15)16(18)19)20-8-7-11-3-1-2-4-12(11)10-20/h5-6,9,11-12H,1-4,7-8,10H2,(H3,18,19). The molecule has 0 bridgehead atoms. The van der Waals surface area contributed by atoms with Crippen molar-refractivity contribution >= 4 is 23.1 Å². The summed E-state index contributed by atoms with van der Waals surface area (Å²) in [6.45, 7) is 2.28. The molecule has 3 N–H and O–H groups in total. The summed E-state index contributed by atoms with van der Waals surface area (Å²) in [5, 5.41) is 8.08. The monoisotopic (exact) mass is 291 g/mol. The van der Waals surface area contributed by atoms with Gasteiger partial charge in [0.1, 0.15) is 5.84 Å². The Morgan fingerprint density at radius 2 is 1.95 bits per heavy atom. The van der Waals surface area contributed by atoms with Gasteiger partial charge in [-0.15, -0.1) is 0 Å². The van der Waals surface area contributed by atoms with Crippen molar-refractivity contribution in [3.05, 3.63) is 28.8 Å². The van der Waals surface area contributed by atoms with E-state index in [0.717, 1.165) is 24.9 Å². The molecule has 1 aromatic rings. The van der Waals surface area contributed by atoms with Gasteiger partial charge < -0.3 is 10.6 Å². The number of hydrogen-bond donors (Lipinski definition) is 2. The molecule has 1 heterocycles. The molecular weight excluding hydrogens is 270 g/mol. The molecule has 1 aliphatic heterocycles. The van der Waals surface area contributed by atoms with Crippen molar-refractivity contribution in [1.82, 2.24) is 0 Å². The van der Waals surface area contributed by atoms with Gasteiger partial charge in [0.2, 0.25) is 0 Å². The van der Waals surface area contributed by atoms with Gasteiger partial charge in [-0.2, -0.15) is 0 Å². The van der Waals surface area contributed by atoms with Crippen LogP contribution in [0, 0.1) is 17.2 Å². The summed E-state index contributed by atoms with van der Waals surface area (Å²) in [4.78, 5) is 2.45. The fourth-order valence-corrected chi connectivity index (χ4v) is 4.03. The zero-order valence-electron chi connectivity index (χ0n) is 11.7. The van der Waals surface area contributed by atoms with Gasteiger partial charge in [0, 0.05) is 24.3 Å². The number of nitrogens with one attached hydrogen (secondary N) is 1. The summed E-state index contributed by atoms with van der Waals surface area (Å²) in [6, 6.07) is 5.88. The SMILES string of the molecule is N=C(N)c1ccc(N2CCC3CCCCC3C2)cc1Cl. The normalized spacial score (nSPS) is 26.1. The second kappa shape index (κ2) is 5.65. The van der Waals surface area contributed by atoms with E-state index in [2.05, 4.69) is 4.90 Å². The van der Waals surface area contributed by atoms with Crippen LogP contribution in [0.1, 0.15) is 37.7 Å². The lowest BCUT2D eigenvalue weighted by Crippen LogP contribution is -2.41. The Balaban J connectivity index is 1.76. The molecule has 1 saturated heterocycles. The molecule has 0 aromatic heterocycles. The first kappa shape index (κ1) is 13.7. The van der Waals surface area contributed by atoms with Gasteiger partial charge in [0.15, 0.2) is 0 Å². The van der Waals surface area contributed by atoms with Crippen molar-refractivity contribution in [2.75, 3.05) is 18.0 Å². The summed E-state index contributed by atoms with van der Waals surface area (Å²) < 4.78 is 0. The van der Waals surface area contributed by atoms with Gasteiger partial charge >= 0.3 is 0 Å². The molecule has 2 aliphatic rings. The van der Waals surface area contributed by atoms with Gasteiger partial charge in [-0.05, 0) is 42.9 Å². The van der Waals surface area contributed by atoms with Gasteiger partial charge in [-0.1, -0.05) is 30.9 Å². The second-order valence-electron chi connectivity index (χ2n) is 6.12. The molecule has 2 atom stereocenters. The Hall–Kier alpha value is -1.22. The number of nitrogen functional groups attached to an aromatic ring is 1. The van der Waals surface area contributed by atoms with E-state index in [9.17, 15) is 0 Å². The lowest BCUT2D eigenvalue weighted by molar-refractivity contribution is 0.202. The minimum absolute atomic E-state index is 0.0348. The van der Waals surface area contributed by atoms with Crippen LogP contribution >= 0.6 is 11.6 Å². The van der Waals surface area contributed by atoms with Gasteiger partial charge in [-0.25, -0.2) is 0 Å². The van der Waals surface area contributed by atoms with E-state index in [1.54, 1.807) is 0 Å². The Morgan fingerprint density at radius 1 is 1.20 bits per heavy atom. The lowest BCUT2D eigenvalue weighted by Gasteiger charge is -2.42. The second-order valence-corrected chi connectivity index (χ2v) is 6.52. The maximum absolute atomic E-state index is 7.49. The third-order valence-electron chi connectivity index (χ3n) is 4.90. The summed E-state index contributed by atoms with van der Waals surface area (Å²) in [5.74, 6) is 1.82. The molecule has 3 rings (SSSR count). The Kier molecular flexibility index (Phi) is 3.88. The molecule has 0 amide bonds. The zero-order chi connectivity index (χ0) is 14.1. The van der Waals surface area contributed by atoms with Crippen molar-refractivity contribution in [1.29, 1.82) is 5.41 Å². The average molecular weight is 292 g/mol. The minimum Gasteiger partial charge on any atom is -0.384 e. The van der Waals surface area contributed by atoms with Crippen LogP contribution in [0.2, 0.25) is 5.02 Å². The molecule has 3 nitrogen and oxygen atoms in total. The predicted molar refractivity (Wildman–Crippen MR) is 84.7 cm³/mol. The summed E-state index contributed by atoms with van der Waals surface area (Å²) in [7, 11) is 0. The van der Waals surface area contributed by atoms with Crippen molar-refractivity contribution in [2.45, 2.75) is 32.1 Å². The molecule has 4 heteroatoms. The number of anilines is 1. The van der Waals surface area contributed by atoms with Gasteiger partial charge in [-0.3, -0.25) is 5.41 Å². The fourth-order valence-electron chi connectivity index (χ4n) is 3.75. The van der Waals surface area contributed by atoms with Crippen LogP contribution in [-0.4, -0.2) is 18.9 Å². The summed E-state index contributed by atoms with van der Waals surface area (Å²) >= 11 is 6.23. The number of hydrogen-bond acceptors (Lipinski definition) is 2. The fraction of sp³-hybridized carbons (Fsp3) is 0.562. The Morgan fingerprint density at radius 3 is 2.65 bits per heavy atom. The summed E-state index contributed by atoms with van der Waals surface area (Å²) in [6.07, 6.45) is 6.90. The van der Waals surface area contributed by atoms with E-state index in [1.165, 1.54) is 37.8 Å². The van der Waals surface area contributed by atoms with Crippen molar-refractivity contribution in [3.8, 4) is 0 Å². The quantitative estimate of drug-likeness (QED) is 0.645. The highest BCUT2D eigenvalue weighted by atomic mass is 35.5. The number of fused-ring (bicyclic) bond motifs is 1. The molecule has 1 aromatic carbocycles. The topological polar surface area (TPSA) is 53.1 Å². The van der Waals surface area contributed by atoms with Gasteiger partial charge in [0.25, 0.3) is 0 Å². The molecule has 2 unspecified atom stereocenters. The zero-order valence-corrected chi connectivity index (χ0v) is 12.5. The molecule has 20 heavy (non-hydrogen) atoms. The number of halogens is 1. The van der Waals surface area contributed by atoms with Crippen molar-refractivity contribution in [2.24, 2.45) is 17.6 Å². The number of nitrogens with two attached hydrogens (primary N) is 1. The van der Waals surface area contributed by atoms with Crippen LogP contribution < -0.4 is 10.6 Å². The van der Waals surface area contributed by atoms with Gasteiger partial charge in [0.05, 0.1) is 5.02 Å². The highest BCUT2D eigenvalue weighted by molar-refractivity contribution is 6.34. The number of piperidine rings is 1. The van der Waals surface area contributed by atoms with E-state index in [4.69, 9.17) is 22.7 Å². The molecule has 1 saturated carbocycles. The largest absolute Gasteiger partial charge is 0.384 e. The first-order valence-electron chi connectivity index (χ1n) is 7.54. The first-order valence-corrected chi connectivity index (χ1v) is 7.92. The Bertz CT molecular complexity index is 514. The number of rotatable bonds is 2. The molecule has 0 radical (unpaired) electrons. The average Bonchev–Trinajstić information content (AvgIpc) is 2.46. The van der Waals surface area contributed by atoms with E-state index in [1.807, 2.05) is 18.2 Å². The smallest absolute Gasteiger partial charge is 0.124 e. The first-order chi connectivity index (χ1) is 9.65. The number of benzene rings is 1. The van der Waals surface area contributed by atoms with Crippen LogP contribution in [0.4, 0.5) is 5.69 Å². The van der Waals surface area contributed by atoms with E-state index in [-0.39, 0.29) is 5.84 Å². The lowest BCUT2D eigenvalue weighted by atomic mass is 9.75. The predicted octanol–water partition coefficient (Wildman–Crippen LogP) is 3.64. The van der Waals surface area contributed by atoms with Crippen molar-refractivity contribution < 1.29 is 0 Å². The minimum atomic E-state index is 0.0348. The molecule has 2 fully saturated rings. The molecular formula is C16H22ClN3. The number of amidine groups is 1. The van der Waals surface area contributed by atoms with E-state index >= 15 is 0 Å². The van der Waals surface area contributed by atoms with Crippen LogP contribution in [0.5, 0.6) is 0 Å². The van der Waals surface area contributed by atoms with Crippen LogP contribution in [0.25, 0.3) is 0 Å². The maximum atomic E-state index is 7.49. The number of nitrogens with zero attached hydrogens (tertiary/aromatic N) is 1. The van der Waals surface area contributed by atoms with Crippen LogP contribution in [0.15, 0.2) is 18.2 Å². The van der Waals surface area contributed by atoms with E-state index < -0.39 is 0 Å². The highest BCUT2D eigenvalue weighted by Gasteiger charge is 2.31. The summed E-state index contributed by atoms with van der Waals surface area (Å²) in [5.41, 5.74) is 7.31. The van der Waals surface area contributed by atoms with Crippen LogP contribution in [0.3, 0.4) is 0 Å². The molecule has 0 spiro atoms. The third kappa shape index (κ3) is 2.64. The third-order valence-corrected chi connectivity index (χ3v) is 5.21. The Labute approximate surface area is 125 Å². The van der Waals surface area contributed by atoms with E-state index in [0.29, 0.717) is 10.6 Å². The van der Waals surface area contributed by atoms with Crippen LogP contribution in [-0.2, 0) is 0 Å². The van der Waals surface area contributed by atoms with Crippen molar-refractivity contribution in [3.63, 3.8) is 0 Å².